The van der Waals surface area contributed by atoms with Crippen LogP contribution in [0.4, 0.5) is 0 Å². The van der Waals surface area contributed by atoms with Crippen molar-refractivity contribution in [1.29, 1.82) is 0 Å². The molecule has 0 nitrogen and oxygen atoms in total. The second-order valence-electron chi connectivity index (χ2n) is 6.24. The molecule has 0 N–H and O–H groups in total. The van der Waals surface area contributed by atoms with Crippen molar-refractivity contribution in [2.75, 3.05) is 0 Å². The van der Waals surface area contributed by atoms with E-state index in [1.54, 1.807) is 0 Å². The molecule has 0 aliphatic rings. The zero-order valence-electron chi connectivity index (χ0n) is 12.1. The molecular formula is C18H22Si. The van der Waals surface area contributed by atoms with Gasteiger partial charge in [0.25, 0.3) is 0 Å². The van der Waals surface area contributed by atoms with Crippen LogP contribution >= 0.6 is 0 Å². The molecule has 0 saturated carbocycles. The molecule has 0 aromatic heterocycles. The molecule has 1 atom stereocenters. The van der Waals surface area contributed by atoms with E-state index in [-0.39, 0.29) is 0 Å². The van der Waals surface area contributed by atoms with Gasteiger partial charge in [-0.15, -0.1) is 0 Å². The SMILES string of the molecule is CC(C)(C)CC([Si]c1ccccc1)c1ccccc1. The molecule has 0 bridgehead atoms. The minimum absolute atomic E-state index is 0.363. The molecule has 98 valence electrons. The maximum absolute atomic E-state index is 2.33. The second-order valence-corrected chi connectivity index (χ2v) is 7.80. The van der Waals surface area contributed by atoms with Crippen LogP contribution in [0.5, 0.6) is 0 Å². The second kappa shape index (κ2) is 6.20. The summed E-state index contributed by atoms with van der Waals surface area (Å²) in [7, 11) is 0.847. The number of benzene rings is 2. The van der Waals surface area contributed by atoms with Crippen LogP contribution in [-0.4, -0.2) is 9.52 Å². The topological polar surface area (TPSA) is 0 Å². The first kappa shape index (κ1) is 14.1. The fraction of sp³-hybridized carbons (Fsp3) is 0.333. The standard InChI is InChI=1S/C18H22Si/c1-18(2,3)14-17(15-10-6-4-7-11-15)19-16-12-8-5-9-13-16/h4-13,17H,14H2,1-3H3. The Hall–Kier alpha value is -1.34. The highest BCUT2D eigenvalue weighted by molar-refractivity contribution is 6.55. The minimum atomic E-state index is 0.363. The lowest BCUT2D eigenvalue weighted by atomic mass is 9.88. The third-order valence-corrected chi connectivity index (χ3v) is 4.69. The first-order valence-corrected chi connectivity index (χ1v) is 7.99. The van der Waals surface area contributed by atoms with Gasteiger partial charge < -0.3 is 0 Å². The Bertz CT molecular complexity index is 482. The molecule has 0 spiro atoms. The van der Waals surface area contributed by atoms with Crippen molar-refractivity contribution in [3.05, 3.63) is 66.2 Å². The van der Waals surface area contributed by atoms with E-state index in [1.165, 1.54) is 17.2 Å². The summed E-state index contributed by atoms with van der Waals surface area (Å²) >= 11 is 0. The summed E-state index contributed by atoms with van der Waals surface area (Å²) in [6.45, 7) is 7.00. The van der Waals surface area contributed by atoms with Gasteiger partial charge in [-0.05, 0) is 22.9 Å². The van der Waals surface area contributed by atoms with Crippen LogP contribution in [0.1, 0.15) is 38.3 Å². The maximum Gasteiger partial charge on any atom is 0.0890 e. The quantitative estimate of drug-likeness (QED) is 0.728. The summed E-state index contributed by atoms with van der Waals surface area (Å²) in [6, 6.07) is 21.8. The third-order valence-electron chi connectivity index (χ3n) is 3.13. The summed E-state index contributed by atoms with van der Waals surface area (Å²) < 4.78 is 0. The van der Waals surface area contributed by atoms with Crippen molar-refractivity contribution in [3.63, 3.8) is 0 Å². The van der Waals surface area contributed by atoms with Gasteiger partial charge in [0.2, 0.25) is 0 Å². The monoisotopic (exact) mass is 266 g/mol. The molecule has 0 amide bonds. The number of hydrogen-bond acceptors (Lipinski definition) is 0. The van der Waals surface area contributed by atoms with E-state index in [9.17, 15) is 0 Å². The van der Waals surface area contributed by atoms with Gasteiger partial charge in [0, 0.05) is 0 Å². The van der Waals surface area contributed by atoms with Crippen molar-refractivity contribution < 1.29 is 0 Å². The molecule has 1 heteroatoms. The molecule has 0 heterocycles. The third kappa shape index (κ3) is 4.68. The van der Waals surface area contributed by atoms with Crippen molar-refractivity contribution >= 4 is 14.7 Å². The van der Waals surface area contributed by atoms with Crippen molar-refractivity contribution in [3.8, 4) is 0 Å². The van der Waals surface area contributed by atoms with Crippen LogP contribution in [-0.2, 0) is 0 Å². The van der Waals surface area contributed by atoms with Gasteiger partial charge in [-0.25, -0.2) is 0 Å². The van der Waals surface area contributed by atoms with Crippen molar-refractivity contribution in [2.24, 2.45) is 5.41 Å². The summed E-state index contributed by atoms with van der Waals surface area (Å²) in [5.41, 5.74) is 2.46. The number of rotatable bonds is 4. The summed E-state index contributed by atoms with van der Waals surface area (Å²) in [6.07, 6.45) is 1.23. The van der Waals surface area contributed by atoms with Gasteiger partial charge in [0.15, 0.2) is 0 Å². The predicted molar refractivity (Wildman–Crippen MR) is 85.1 cm³/mol. The molecule has 1 unspecified atom stereocenters. The first-order valence-electron chi connectivity index (χ1n) is 6.91. The molecule has 0 aliphatic carbocycles. The Morgan fingerprint density at radius 1 is 0.842 bits per heavy atom. The molecule has 2 aromatic rings. The van der Waals surface area contributed by atoms with Crippen molar-refractivity contribution in [1.82, 2.24) is 0 Å². The van der Waals surface area contributed by atoms with E-state index in [0.717, 1.165) is 9.52 Å². The average molecular weight is 266 g/mol. The van der Waals surface area contributed by atoms with E-state index < -0.39 is 0 Å². The Labute approximate surface area is 119 Å². The molecule has 19 heavy (non-hydrogen) atoms. The largest absolute Gasteiger partial charge is 0.0890 e. The fourth-order valence-electron chi connectivity index (χ4n) is 2.29. The molecule has 2 aromatic carbocycles. The highest BCUT2D eigenvalue weighted by Crippen LogP contribution is 2.30. The Kier molecular flexibility index (Phi) is 4.59. The van der Waals surface area contributed by atoms with Gasteiger partial charge >= 0.3 is 0 Å². The average Bonchev–Trinajstić information content (AvgIpc) is 2.39. The summed E-state index contributed by atoms with van der Waals surface area (Å²) in [4.78, 5) is 0. The normalized spacial score (nSPS) is 13.2. The molecule has 2 radical (unpaired) electrons. The van der Waals surface area contributed by atoms with E-state index in [0.29, 0.717) is 11.0 Å². The van der Waals surface area contributed by atoms with Gasteiger partial charge in [0.1, 0.15) is 0 Å². The van der Waals surface area contributed by atoms with Crippen LogP contribution in [0, 0.1) is 5.41 Å². The fourth-order valence-corrected chi connectivity index (χ4v) is 4.15. The smallest absolute Gasteiger partial charge is 0.0636 e. The zero-order chi connectivity index (χ0) is 13.7. The van der Waals surface area contributed by atoms with E-state index >= 15 is 0 Å². The van der Waals surface area contributed by atoms with Crippen LogP contribution in [0.15, 0.2) is 60.7 Å². The lowest BCUT2D eigenvalue weighted by molar-refractivity contribution is 0.371. The molecular weight excluding hydrogens is 244 g/mol. The van der Waals surface area contributed by atoms with E-state index in [4.69, 9.17) is 0 Å². The van der Waals surface area contributed by atoms with Gasteiger partial charge in [0.05, 0.1) is 9.52 Å². The minimum Gasteiger partial charge on any atom is -0.0636 e. The van der Waals surface area contributed by atoms with Crippen LogP contribution in [0.3, 0.4) is 0 Å². The first-order chi connectivity index (χ1) is 9.04. The van der Waals surface area contributed by atoms with Gasteiger partial charge in [-0.3, -0.25) is 0 Å². The Morgan fingerprint density at radius 2 is 1.37 bits per heavy atom. The highest BCUT2D eigenvalue weighted by Gasteiger charge is 2.21. The Morgan fingerprint density at radius 3 is 1.89 bits per heavy atom. The van der Waals surface area contributed by atoms with Crippen LogP contribution in [0.2, 0.25) is 0 Å². The Balaban J connectivity index is 2.20. The predicted octanol–water partition coefficient (Wildman–Crippen LogP) is 4.19. The van der Waals surface area contributed by atoms with Crippen LogP contribution < -0.4 is 5.19 Å². The maximum atomic E-state index is 2.33. The van der Waals surface area contributed by atoms with Gasteiger partial charge in [-0.2, -0.15) is 0 Å². The van der Waals surface area contributed by atoms with Crippen molar-refractivity contribution in [2.45, 2.75) is 32.7 Å². The zero-order valence-corrected chi connectivity index (χ0v) is 13.1. The van der Waals surface area contributed by atoms with E-state index in [1.807, 2.05) is 0 Å². The lowest BCUT2D eigenvalue weighted by Gasteiger charge is -2.26. The molecule has 0 fully saturated rings. The highest BCUT2D eigenvalue weighted by atomic mass is 28.2. The lowest BCUT2D eigenvalue weighted by Crippen LogP contribution is -2.25. The summed E-state index contributed by atoms with van der Waals surface area (Å²) in [5, 5.41) is 1.46. The molecule has 0 saturated heterocycles. The molecule has 2 rings (SSSR count). The number of hydrogen-bond donors (Lipinski definition) is 0. The van der Waals surface area contributed by atoms with E-state index in [2.05, 4.69) is 81.4 Å². The van der Waals surface area contributed by atoms with Crippen LogP contribution in [0.25, 0.3) is 0 Å². The summed E-state index contributed by atoms with van der Waals surface area (Å²) in [5.74, 6) is 0. The van der Waals surface area contributed by atoms with Gasteiger partial charge in [-0.1, -0.05) is 86.6 Å². The molecule has 0 aliphatic heterocycles.